The van der Waals surface area contributed by atoms with E-state index in [9.17, 15) is 4.79 Å². The molecule has 176 valence electrons. The van der Waals surface area contributed by atoms with Crippen LogP contribution in [-0.2, 0) is 11.3 Å². The number of hydrogen-bond acceptors (Lipinski definition) is 6. The van der Waals surface area contributed by atoms with Crippen molar-refractivity contribution >= 4 is 45.7 Å². The second-order valence-electron chi connectivity index (χ2n) is 9.17. The van der Waals surface area contributed by atoms with E-state index >= 15 is 0 Å². The summed E-state index contributed by atoms with van der Waals surface area (Å²) in [6.45, 7) is 0.646. The van der Waals surface area contributed by atoms with Crippen LogP contribution in [0.4, 0.5) is 17.5 Å². The van der Waals surface area contributed by atoms with Gasteiger partial charge in [-0.2, -0.15) is 10.1 Å². The molecule has 4 atom stereocenters. The minimum Gasteiger partial charge on any atom is -0.369 e. The zero-order valence-corrected chi connectivity index (χ0v) is 19.6. The highest BCUT2D eigenvalue weighted by Crippen LogP contribution is 2.45. The summed E-state index contributed by atoms with van der Waals surface area (Å²) < 4.78 is 1.86. The fourth-order valence-corrected chi connectivity index (χ4v) is 5.41. The zero-order valence-electron chi connectivity index (χ0n) is 18.8. The molecule has 2 aliphatic rings. The molecule has 4 N–H and O–H groups in total. The number of halogens is 1. The number of nitrogens with zero attached hydrogens (tertiary/aromatic N) is 4. The molecule has 2 aromatic heterocycles. The van der Waals surface area contributed by atoms with Gasteiger partial charge in [0.25, 0.3) is 0 Å². The minimum atomic E-state index is -0.304. The number of benzene rings is 2. The molecule has 0 radical (unpaired) electrons. The van der Waals surface area contributed by atoms with Crippen LogP contribution in [0.1, 0.15) is 12.0 Å². The van der Waals surface area contributed by atoms with E-state index < -0.39 is 0 Å². The van der Waals surface area contributed by atoms with Crippen molar-refractivity contribution in [2.24, 2.45) is 23.5 Å². The van der Waals surface area contributed by atoms with E-state index in [4.69, 9.17) is 17.3 Å². The van der Waals surface area contributed by atoms with Crippen molar-refractivity contribution in [3.05, 3.63) is 83.8 Å². The molecule has 9 heteroatoms. The summed E-state index contributed by atoms with van der Waals surface area (Å²) in [6, 6.07) is 14.6. The van der Waals surface area contributed by atoms with Crippen molar-refractivity contribution < 1.29 is 4.79 Å². The third-order valence-electron chi connectivity index (χ3n) is 6.88. The van der Waals surface area contributed by atoms with E-state index in [1.807, 2.05) is 23.0 Å². The molecular weight excluding hydrogens is 462 g/mol. The lowest BCUT2D eigenvalue weighted by molar-refractivity contribution is -0.122. The van der Waals surface area contributed by atoms with Crippen molar-refractivity contribution in [2.45, 2.75) is 19.0 Å². The van der Waals surface area contributed by atoms with Gasteiger partial charge in [0.15, 0.2) is 5.82 Å². The van der Waals surface area contributed by atoms with Gasteiger partial charge in [0, 0.05) is 12.2 Å². The summed E-state index contributed by atoms with van der Waals surface area (Å²) in [6.07, 6.45) is 10.3. The number of primary amides is 1. The number of anilines is 3. The number of rotatable bonds is 7. The quantitative estimate of drug-likeness (QED) is 0.335. The Morgan fingerprint density at radius 2 is 1.94 bits per heavy atom. The molecule has 0 saturated heterocycles. The third-order valence-corrected chi connectivity index (χ3v) is 7.16. The maximum Gasteiger partial charge on any atom is 0.229 e. The molecule has 2 bridgehead atoms. The number of nitrogens with two attached hydrogens (primary N) is 1. The summed E-state index contributed by atoms with van der Waals surface area (Å²) in [7, 11) is 0. The van der Waals surface area contributed by atoms with E-state index in [2.05, 4.69) is 68.2 Å². The number of carbonyl (C=O) groups is 1. The average Bonchev–Trinajstić information content (AvgIpc) is 3.58. The standard InChI is InChI=1S/C26H24ClN7O/c27-21-12-29-26(33-25(21)32-23-19-8-7-18(10-19)22(23)24(28)35)31-20-11-30-34(14-20)13-15-5-6-16-3-1-2-4-17(16)9-15/h1-9,11-12,14,18-19,22-23H,10,13H2,(H2,28,35)(H2,29,31,32,33)/t18-,19+,22+,23-/m1/s1. The van der Waals surface area contributed by atoms with Gasteiger partial charge in [0.05, 0.1) is 30.5 Å². The molecule has 8 nitrogen and oxygen atoms in total. The minimum absolute atomic E-state index is 0.132. The van der Waals surface area contributed by atoms with Crippen LogP contribution < -0.4 is 16.4 Å². The molecule has 2 heterocycles. The van der Waals surface area contributed by atoms with Gasteiger partial charge >= 0.3 is 0 Å². The summed E-state index contributed by atoms with van der Waals surface area (Å²) in [5.74, 6) is 0.679. The van der Waals surface area contributed by atoms with Crippen molar-refractivity contribution in [1.82, 2.24) is 19.7 Å². The predicted molar refractivity (Wildman–Crippen MR) is 136 cm³/mol. The Kier molecular flexibility index (Phi) is 5.37. The number of amides is 1. The molecule has 35 heavy (non-hydrogen) atoms. The van der Waals surface area contributed by atoms with Gasteiger partial charge in [-0.25, -0.2) is 4.98 Å². The van der Waals surface area contributed by atoms with Crippen molar-refractivity contribution in [1.29, 1.82) is 0 Å². The molecule has 0 unspecified atom stereocenters. The van der Waals surface area contributed by atoms with Gasteiger partial charge in [-0.05, 0) is 40.7 Å². The molecule has 0 spiro atoms. The molecule has 2 aromatic carbocycles. The van der Waals surface area contributed by atoms with Crippen LogP contribution in [0.2, 0.25) is 5.02 Å². The molecule has 1 fully saturated rings. The van der Waals surface area contributed by atoms with Crippen molar-refractivity contribution in [3.8, 4) is 0 Å². The highest BCUT2D eigenvalue weighted by atomic mass is 35.5. The monoisotopic (exact) mass is 485 g/mol. The van der Waals surface area contributed by atoms with Gasteiger partial charge in [-0.3, -0.25) is 9.48 Å². The van der Waals surface area contributed by atoms with Crippen LogP contribution in [0, 0.1) is 17.8 Å². The van der Waals surface area contributed by atoms with E-state index in [1.54, 1.807) is 12.4 Å². The molecular formula is C26H24ClN7O. The lowest BCUT2D eigenvalue weighted by Gasteiger charge is -2.27. The highest BCUT2D eigenvalue weighted by molar-refractivity contribution is 6.32. The summed E-state index contributed by atoms with van der Waals surface area (Å²) in [5.41, 5.74) is 7.61. The van der Waals surface area contributed by atoms with Gasteiger partial charge in [0.2, 0.25) is 11.9 Å². The molecule has 1 amide bonds. The SMILES string of the molecule is NC(=O)[C@@H]1[C@H](Nc2nc(Nc3cnn(Cc4ccc5ccccc5c4)c3)ncc2Cl)[C@H]2C=C[C@@H]1C2. The van der Waals surface area contributed by atoms with Crippen LogP contribution in [0.25, 0.3) is 10.8 Å². The summed E-state index contributed by atoms with van der Waals surface area (Å²) in [4.78, 5) is 20.9. The molecule has 0 aliphatic heterocycles. The van der Waals surface area contributed by atoms with Gasteiger partial charge in [-0.1, -0.05) is 60.2 Å². The van der Waals surface area contributed by atoms with Crippen LogP contribution in [0.5, 0.6) is 0 Å². The average molecular weight is 486 g/mol. The second-order valence-corrected chi connectivity index (χ2v) is 9.58. The maximum absolute atomic E-state index is 12.0. The lowest BCUT2D eigenvalue weighted by Crippen LogP contribution is -2.41. The fraction of sp³-hybridized carbons (Fsp3) is 0.231. The normalized spacial score (nSPS) is 22.5. The van der Waals surface area contributed by atoms with Crippen molar-refractivity contribution in [3.63, 3.8) is 0 Å². The summed E-state index contributed by atoms with van der Waals surface area (Å²) >= 11 is 6.38. The first-order valence-corrected chi connectivity index (χ1v) is 12.0. The van der Waals surface area contributed by atoms with Crippen LogP contribution >= 0.6 is 11.6 Å². The topological polar surface area (TPSA) is 111 Å². The fourth-order valence-electron chi connectivity index (χ4n) is 5.26. The van der Waals surface area contributed by atoms with E-state index in [-0.39, 0.29) is 29.7 Å². The highest BCUT2D eigenvalue weighted by Gasteiger charge is 2.47. The first-order valence-electron chi connectivity index (χ1n) is 11.6. The number of fused-ring (bicyclic) bond motifs is 3. The molecule has 4 aromatic rings. The van der Waals surface area contributed by atoms with Crippen LogP contribution in [0.3, 0.4) is 0 Å². The molecule has 1 saturated carbocycles. The van der Waals surface area contributed by atoms with Gasteiger partial charge in [0.1, 0.15) is 5.02 Å². The Morgan fingerprint density at radius 1 is 1.11 bits per heavy atom. The van der Waals surface area contributed by atoms with Gasteiger partial charge in [-0.15, -0.1) is 0 Å². The van der Waals surface area contributed by atoms with Crippen LogP contribution in [0.15, 0.2) is 73.2 Å². The number of hydrogen-bond donors (Lipinski definition) is 3. The first kappa shape index (κ1) is 21.6. The Labute approximate surface area is 207 Å². The van der Waals surface area contributed by atoms with Gasteiger partial charge < -0.3 is 16.4 Å². The van der Waals surface area contributed by atoms with Crippen molar-refractivity contribution in [2.75, 3.05) is 10.6 Å². The van der Waals surface area contributed by atoms with E-state index in [1.165, 1.54) is 10.8 Å². The largest absolute Gasteiger partial charge is 0.369 e. The Hall–Kier alpha value is -3.91. The maximum atomic E-state index is 12.0. The third kappa shape index (κ3) is 4.21. The Bertz CT molecular complexity index is 1450. The van der Waals surface area contributed by atoms with E-state index in [0.717, 1.165) is 17.7 Å². The molecule has 6 rings (SSSR count). The Morgan fingerprint density at radius 3 is 2.80 bits per heavy atom. The number of carbonyl (C=O) groups excluding carboxylic acids is 1. The number of nitrogens with one attached hydrogen (secondary N) is 2. The number of allylic oxidation sites excluding steroid dienone is 1. The zero-order chi connectivity index (χ0) is 23.9. The second kappa shape index (κ2) is 8.70. The Balaban J connectivity index is 1.16. The van der Waals surface area contributed by atoms with Crippen LogP contribution in [-0.4, -0.2) is 31.7 Å². The first-order chi connectivity index (χ1) is 17.0. The molecule has 2 aliphatic carbocycles. The van der Waals surface area contributed by atoms with E-state index in [0.29, 0.717) is 23.3 Å². The number of aromatic nitrogens is 4. The smallest absolute Gasteiger partial charge is 0.229 e. The lowest BCUT2D eigenvalue weighted by atomic mass is 9.88. The summed E-state index contributed by atoms with van der Waals surface area (Å²) in [5, 5.41) is 13.8. The predicted octanol–water partition coefficient (Wildman–Crippen LogP) is 4.36.